The van der Waals surface area contributed by atoms with Crippen LogP contribution in [0.5, 0.6) is 0 Å². The number of ether oxygens (including phenoxy) is 1. The maximum Gasteiger partial charge on any atom is 0.412 e. The summed E-state index contributed by atoms with van der Waals surface area (Å²) in [5.41, 5.74) is 1.41. The molecule has 1 aliphatic carbocycles. The Balaban J connectivity index is 1.90. The second-order valence-corrected chi connectivity index (χ2v) is 9.07. The van der Waals surface area contributed by atoms with Gasteiger partial charge in [-0.15, -0.1) is 10.2 Å². The van der Waals surface area contributed by atoms with Gasteiger partial charge in [-0.05, 0) is 56.7 Å². The minimum atomic E-state index is -0.528. The van der Waals surface area contributed by atoms with Crippen molar-refractivity contribution in [2.45, 2.75) is 58.5 Å². The van der Waals surface area contributed by atoms with E-state index in [-0.39, 0.29) is 10.8 Å². The SMILES string of the molecule is Cn1cnnc1C1(c2cccc(NC(=O)OC(C)(C)C)c2)CC(C)(C)C1. The maximum absolute atomic E-state index is 12.1. The molecule has 0 unspecified atom stereocenters. The molecule has 0 atom stereocenters. The average molecular weight is 356 g/mol. The summed E-state index contributed by atoms with van der Waals surface area (Å²) in [6.07, 6.45) is 3.27. The van der Waals surface area contributed by atoms with E-state index < -0.39 is 11.7 Å². The van der Waals surface area contributed by atoms with Crippen molar-refractivity contribution in [3.63, 3.8) is 0 Å². The van der Waals surface area contributed by atoms with E-state index in [1.165, 1.54) is 0 Å². The predicted molar refractivity (Wildman–Crippen MR) is 101 cm³/mol. The molecule has 0 aliphatic heterocycles. The Morgan fingerprint density at radius 3 is 2.50 bits per heavy atom. The molecule has 6 nitrogen and oxygen atoms in total. The highest BCUT2D eigenvalue weighted by atomic mass is 16.6. The lowest BCUT2D eigenvalue weighted by Gasteiger charge is -2.52. The Morgan fingerprint density at radius 1 is 1.27 bits per heavy atom. The molecular formula is C20H28N4O2. The third-order valence-corrected chi connectivity index (χ3v) is 4.76. The Bertz CT molecular complexity index is 809. The fourth-order valence-corrected chi connectivity index (χ4v) is 4.11. The summed E-state index contributed by atoms with van der Waals surface area (Å²) in [6, 6.07) is 7.96. The van der Waals surface area contributed by atoms with Crippen LogP contribution in [0.1, 0.15) is 58.8 Å². The Labute approximate surface area is 155 Å². The van der Waals surface area contributed by atoms with Crippen LogP contribution in [0.3, 0.4) is 0 Å². The van der Waals surface area contributed by atoms with Crippen LogP contribution in [0.4, 0.5) is 10.5 Å². The van der Waals surface area contributed by atoms with Crippen LogP contribution in [0.2, 0.25) is 0 Å². The monoisotopic (exact) mass is 356 g/mol. The van der Waals surface area contributed by atoms with Crippen molar-refractivity contribution in [2.24, 2.45) is 12.5 Å². The number of aromatic nitrogens is 3. The molecule has 0 saturated heterocycles. The van der Waals surface area contributed by atoms with Crippen LogP contribution < -0.4 is 5.32 Å². The van der Waals surface area contributed by atoms with E-state index in [4.69, 9.17) is 4.74 Å². The summed E-state index contributed by atoms with van der Waals surface area (Å²) in [5, 5.41) is 11.3. The predicted octanol–water partition coefficient (Wildman–Crippen LogP) is 4.27. The van der Waals surface area contributed by atoms with Crippen molar-refractivity contribution in [1.29, 1.82) is 0 Å². The molecule has 1 aliphatic rings. The minimum Gasteiger partial charge on any atom is -0.444 e. The van der Waals surface area contributed by atoms with Crippen LogP contribution >= 0.6 is 0 Å². The van der Waals surface area contributed by atoms with Crippen molar-refractivity contribution in [3.05, 3.63) is 42.0 Å². The Morgan fingerprint density at radius 2 is 1.96 bits per heavy atom. The van der Waals surface area contributed by atoms with E-state index in [0.717, 1.165) is 29.9 Å². The lowest BCUT2D eigenvalue weighted by atomic mass is 9.51. The molecule has 26 heavy (non-hydrogen) atoms. The zero-order valence-electron chi connectivity index (χ0n) is 16.5. The molecule has 3 rings (SSSR count). The first-order valence-electron chi connectivity index (χ1n) is 8.96. The molecule has 0 spiro atoms. The fraction of sp³-hybridized carbons (Fsp3) is 0.550. The molecule has 1 amide bonds. The quantitative estimate of drug-likeness (QED) is 0.892. The zero-order valence-corrected chi connectivity index (χ0v) is 16.5. The normalized spacial score (nSPS) is 18.1. The summed E-state index contributed by atoms with van der Waals surface area (Å²) in [7, 11) is 1.98. The van der Waals surface area contributed by atoms with Gasteiger partial charge in [-0.1, -0.05) is 26.0 Å². The molecule has 1 aromatic carbocycles. The molecule has 1 N–H and O–H groups in total. The summed E-state index contributed by atoms with van der Waals surface area (Å²) in [6.45, 7) is 10.1. The van der Waals surface area contributed by atoms with Crippen molar-refractivity contribution >= 4 is 11.8 Å². The van der Waals surface area contributed by atoms with Crippen molar-refractivity contribution < 1.29 is 9.53 Å². The van der Waals surface area contributed by atoms with Crippen molar-refractivity contribution in [2.75, 3.05) is 5.32 Å². The number of hydrogen-bond acceptors (Lipinski definition) is 4. The van der Waals surface area contributed by atoms with E-state index in [2.05, 4.69) is 35.4 Å². The topological polar surface area (TPSA) is 69.0 Å². The summed E-state index contributed by atoms with van der Waals surface area (Å²) < 4.78 is 7.34. The highest BCUT2D eigenvalue weighted by Crippen LogP contribution is 2.58. The molecule has 2 aromatic rings. The number of rotatable bonds is 3. The first-order chi connectivity index (χ1) is 12.0. The molecule has 6 heteroatoms. The number of anilines is 1. The number of aryl methyl sites for hydroxylation is 1. The smallest absolute Gasteiger partial charge is 0.412 e. The fourth-order valence-electron chi connectivity index (χ4n) is 4.11. The molecule has 1 heterocycles. The number of amides is 1. The van der Waals surface area contributed by atoms with Gasteiger partial charge in [0.1, 0.15) is 17.8 Å². The van der Waals surface area contributed by atoms with Gasteiger partial charge >= 0.3 is 6.09 Å². The van der Waals surface area contributed by atoms with Crippen LogP contribution in [-0.2, 0) is 17.2 Å². The number of nitrogens with one attached hydrogen (secondary N) is 1. The molecular weight excluding hydrogens is 328 g/mol. The first kappa shape index (κ1) is 18.4. The third-order valence-electron chi connectivity index (χ3n) is 4.76. The number of carbonyl (C=O) groups is 1. The Kier molecular flexibility index (Phi) is 4.33. The maximum atomic E-state index is 12.1. The minimum absolute atomic E-state index is 0.180. The molecule has 1 aromatic heterocycles. The van der Waals surface area contributed by atoms with Gasteiger partial charge in [0.05, 0.1) is 5.41 Å². The zero-order chi connectivity index (χ0) is 19.2. The van der Waals surface area contributed by atoms with E-state index in [0.29, 0.717) is 0 Å². The lowest BCUT2D eigenvalue weighted by Crippen LogP contribution is -2.49. The Hall–Kier alpha value is -2.37. The van der Waals surface area contributed by atoms with E-state index >= 15 is 0 Å². The van der Waals surface area contributed by atoms with E-state index in [9.17, 15) is 4.79 Å². The summed E-state index contributed by atoms with van der Waals surface area (Å²) in [5.74, 6) is 0.964. The van der Waals surface area contributed by atoms with Gasteiger partial charge in [-0.3, -0.25) is 5.32 Å². The molecule has 0 bridgehead atoms. The second-order valence-electron chi connectivity index (χ2n) is 9.07. The lowest BCUT2D eigenvalue weighted by molar-refractivity contribution is 0.0635. The van der Waals surface area contributed by atoms with Crippen LogP contribution in [0, 0.1) is 5.41 Å². The third kappa shape index (κ3) is 3.59. The first-order valence-corrected chi connectivity index (χ1v) is 8.96. The molecule has 1 saturated carbocycles. The van der Waals surface area contributed by atoms with Gasteiger partial charge in [-0.25, -0.2) is 4.79 Å². The van der Waals surface area contributed by atoms with Gasteiger partial charge in [0, 0.05) is 12.7 Å². The summed E-state index contributed by atoms with van der Waals surface area (Å²) in [4.78, 5) is 12.1. The van der Waals surface area contributed by atoms with Crippen LogP contribution in [-0.4, -0.2) is 26.5 Å². The van der Waals surface area contributed by atoms with Gasteiger partial charge < -0.3 is 9.30 Å². The average Bonchev–Trinajstić information content (AvgIpc) is 2.89. The number of carbonyl (C=O) groups excluding carboxylic acids is 1. The van der Waals surface area contributed by atoms with Crippen molar-refractivity contribution in [1.82, 2.24) is 14.8 Å². The van der Waals surface area contributed by atoms with E-state index in [1.807, 2.05) is 50.6 Å². The number of nitrogens with zero attached hydrogens (tertiary/aromatic N) is 3. The van der Waals surface area contributed by atoms with Gasteiger partial charge in [0.2, 0.25) is 0 Å². The largest absolute Gasteiger partial charge is 0.444 e. The number of benzene rings is 1. The number of hydrogen-bond donors (Lipinski definition) is 1. The highest BCUT2D eigenvalue weighted by Gasteiger charge is 2.53. The molecule has 1 fully saturated rings. The van der Waals surface area contributed by atoms with E-state index in [1.54, 1.807) is 6.33 Å². The highest BCUT2D eigenvalue weighted by molar-refractivity contribution is 5.85. The molecule has 0 radical (unpaired) electrons. The molecule has 140 valence electrons. The van der Waals surface area contributed by atoms with Crippen molar-refractivity contribution in [3.8, 4) is 0 Å². The van der Waals surface area contributed by atoms with Gasteiger partial charge in [-0.2, -0.15) is 0 Å². The van der Waals surface area contributed by atoms with Gasteiger partial charge in [0.25, 0.3) is 0 Å². The second kappa shape index (κ2) is 6.11. The van der Waals surface area contributed by atoms with Gasteiger partial charge in [0.15, 0.2) is 0 Å². The van der Waals surface area contributed by atoms with Crippen LogP contribution in [0.25, 0.3) is 0 Å². The summed E-state index contributed by atoms with van der Waals surface area (Å²) >= 11 is 0. The standard InChI is InChI=1S/C20H28N4O2/c1-18(2,3)26-17(25)22-15-9-7-8-14(10-15)20(11-19(4,5)12-20)16-23-21-13-24(16)6/h7-10,13H,11-12H2,1-6H3,(H,22,25). The van der Waals surface area contributed by atoms with Crippen LogP contribution in [0.15, 0.2) is 30.6 Å².